The van der Waals surface area contributed by atoms with E-state index in [1.54, 1.807) is 30.3 Å². The molecule has 1 aliphatic carbocycles. The summed E-state index contributed by atoms with van der Waals surface area (Å²) in [5, 5.41) is 4.98. The number of hydrogen-bond acceptors (Lipinski definition) is 2. The summed E-state index contributed by atoms with van der Waals surface area (Å²) in [4.78, 5) is 17.5. The highest BCUT2D eigenvalue weighted by Crippen LogP contribution is 2.33. The molecule has 0 saturated heterocycles. The summed E-state index contributed by atoms with van der Waals surface area (Å²) in [6.45, 7) is 1.85. The van der Waals surface area contributed by atoms with Crippen molar-refractivity contribution >= 4 is 63.3 Å². The first-order valence-corrected chi connectivity index (χ1v) is 10.5. The SMILES string of the molecule is CC(C(=O)NC1CC1)n1c(Cc2c(Cl)cccc2Cl)nc2cc(Cl)c(Cl)cc21. The highest BCUT2D eigenvalue weighted by atomic mass is 35.5. The Morgan fingerprint density at radius 2 is 1.79 bits per heavy atom. The van der Waals surface area contributed by atoms with Gasteiger partial charge in [0.25, 0.3) is 0 Å². The maximum Gasteiger partial charge on any atom is 0.243 e. The van der Waals surface area contributed by atoms with Gasteiger partial charge in [-0.15, -0.1) is 0 Å². The number of carbonyl (C=O) groups excluding carboxylic acids is 1. The van der Waals surface area contributed by atoms with Gasteiger partial charge in [-0.1, -0.05) is 52.5 Å². The Morgan fingerprint density at radius 1 is 1.14 bits per heavy atom. The van der Waals surface area contributed by atoms with E-state index in [2.05, 4.69) is 5.32 Å². The van der Waals surface area contributed by atoms with Gasteiger partial charge in [0.1, 0.15) is 11.9 Å². The molecule has 1 aromatic heterocycles. The Bertz CT molecular complexity index is 1050. The van der Waals surface area contributed by atoms with E-state index in [9.17, 15) is 4.79 Å². The van der Waals surface area contributed by atoms with E-state index in [1.165, 1.54) is 0 Å². The van der Waals surface area contributed by atoms with Crippen molar-refractivity contribution in [3.05, 3.63) is 61.8 Å². The predicted octanol–water partition coefficient (Wildman–Crippen LogP) is 6.08. The lowest BCUT2D eigenvalue weighted by atomic mass is 10.1. The molecule has 146 valence electrons. The topological polar surface area (TPSA) is 46.9 Å². The van der Waals surface area contributed by atoms with Gasteiger partial charge in [0, 0.05) is 22.5 Å². The molecule has 4 rings (SSSR count). The Kier molecular flexibility index (Phi) is 5.49. The number of hydrogen-bond donors (Lipinski definition) is 1. The molecule has 3 aromatic rings. The Morgan fingerprint density at radius 3 is 2.43 bits per heavy atom. The molecule has 0 spiro atoms. The molecule has 0 bridgehead atoms. The molecule has 1 saturated carbocycles. The van der Waals surface area contributed by atoms with Gasteiger partial charge in [-0.05, 0) is 49.6 Å². The molecule has 1 amide bonds. The van der Waals surface area contributed by atoms with Crippen LogP contribution in [0, 0.1) is 0 Å². The fraction of sp³-hybridized carbons (Fsp3) is 0.300. The smallest absolute Gasteiger partial charge is 0.243 e. The Balaban J connectivity index is 1.83. The molecule has 4 nitrogen and oxygen atoms in total. The van der Waals surface area contributed by atoms with Crippen LogP contribution < -0.4 is 5.32 Å². The molecular formula is C20H17Cl4N3O. The average molecular weight is 457 g/mol. The molecule has 1 N–H and O–H groups in total. The molecule has 1 atom stereocenters. The van der Waals surface area contributed by atoms with Gasteiger partial charge < -0.3 is 9.88 Å². The maximum atomic E-state index is 12.8. The van der Waals surface area contributed by atoms with Gasteiger partial charge >= 0.3 is 0 Å². The van der Waals surface area contributed by atoms with Crippen molar-refractivity contribution in [1.29, 1.82) is 0 Å². The lowest BCUT2D eigenvalue weighted by Gasteiger charge is -2.18. The summed E-state index contributed by atoms with van der Waals surface area (Å²) < 4.78 is 1.88. The molecule has 28 heavy (non-hydrogen) atoms. The number of nitrogens with zero attached hydrogens (tertiary/aromatic N) is 2. The monoisotopic (exact) mass is 455 g/mol. The number of carbonyl (C=O) groups is 1. The van der Waals surface area contributed by atoms with E-state index in [0.29, 0.717) is 37.9 Å². The zero-order valence-electron chi connectivity index (χ0n) is 15.0. The quantitative estimate of drug-likeness (QED) is 0.505. The Hall–Kier alpha value is -1.46. The number of halogens is 4. The molecule has 1 aliphatic rings. The molecule has 1 fully saturated rings. The van der Waals surface area contributed by atoms with Crippen LogP contribution in [0.4, 0.5) is 0 Å². The minimum Gasteiger partial charge on any atom is -0.352 e. The molecule has 2 aromatic carbocycles. The van der Waals surface area contributed by atoms with Crippen LogP contribution in [-0.2, 0) is 11.2 Å². The summed E-state index contributed by atoms with van der Waals surface area (Å²) in [7, 11) is 0. The lowest BCUT2D eigenvalue weighted by molar-refractivity contribution is -0.124. The predicted molar refractivity (Wildman–Crippen MR) is 115 cm³/mol. The van der Waals surface area contributed by atoms with E-state index in [4.69, 9.17) is 51.4 Å². The first-order valence-electron chi connectivity index (χ1n) is 8.94. The second-order valence-electron chi connectivity index (χ2n) is 6.99. The van der Waals surface area contributed by atoms with Crippen molar-refractivity contribution in [2.45, 2.75) is 38.3 Å². The van der Waals surface area contributed by atoms with Crippen LogP contribution in [0.5, 0.6) is 0 Å². The van der Waals surface area contributed by atoms with Crippen molar-refractivity contribution in [2.24, 2.45) is 0 Å². The summed E-state index contributed by atoms with van der Waals surface area (Å²) in [6, 6.07) is 8.61. The normalized spacial score (nSPS) is 15.0. The zero-order chi connectivity index (χ0) is 20.0. The summed E-state index contributed by atoms with van der Waals surface area (Å²) in [5.74, 6) is 0.612. The van der Waals surface area contributed by atoms with Crippen LogP contribution in [-0.4, -0.2) is 21.5 Å². The van der Waals surface area contributed by atoms with Crippen molar-refractivity contribution < 1.29 is 4.79 Å². The molecule has 0 radical (unpaired) electrons. The van der Waals surface area contributed by atoms with Crippen LogP contribution >= 0.6 is 46.4 Å². The molecule has 0 aliphatic heterocycles. The number of aromatic nitrogens is 2. The van der Waals surface area contributed by atoms with Crippen LogP contribution in [0.1, 0.15) is 37.2 Å². The molecular weight excluding hydrogens is 440 g/mol. The van der Waals surface area contributed by atoms with Crippen LogP contribution in [0.15, 0.2) is 30.3 Å². The fourth-order valence-electron chi connectivity index (χ4n) is 3.22. The van der Waals surface area contributed by atoms with Gasteiger partial charge in [-0.3, -0.25) is 4.79 Å². The number of benzene rings is 2. The largest absolute Gasteiger partial charge is 0.352 e. The first-order chi connectivity index (χ1) is 13.3. The number of amides is 1. The average Bonchev–Trinajstić information content (AvgIpc) is 3.39. The van der Waals surface area contributed by atoms with Gasteiger partial charge in [-0.2, -0.15) is 0 Å². The van der Waals surface area contributed by atoms with Crippen LogP contribution in [0.2, 0.25) is 20.1 Å². The van der Waals surface area contributed by atoms with Gasteiger partial charge in [0.05, 0.1) is 21.1 Å². The number of nitrogens with one attached hydrogen (secondary N) is 1. The second kappa shape index (κ2) is 7.75. The summed E-state index contributed by atoms with van der Waals surface area (Å²) in [6.07, 6.45) is 2.42. The number of fused-ring (bicyclic) bond motifs is 1. The van der Waals surface area contributed by atoms with Crippen molar-refractivity contribution in [3.63, 3.8) is 0 Å². The standard InChI is InChI=1S/C20H17Cl4N3O/c1-10(20(28)25-11-5-6-11)27-18-9-16(24)15(23)8-17(18)26-19(27)7-12-13(21)3-2-4-14(12)22/h2-4,8-11H,5-7H2,1H3,(H,25,28). The maximum absolute atomic E-state index is 12.8. The van der Waals surface area contributed by atoms with Crippen LogP contribution in [0.3, 0.4) is 0 Å². The molecule has 1 heterocycles. The van der Waals surface area contributed by atoms with Crippen molar-refractivity contribution in [1.82, 2.24) is 14.9 Å². The summed E-state index contributed by atoms with van der Waals surface area (Å²) in [5.41, 5.74) is 2.17. The number of rotatable bonds is 5. The third-order valence-electron chi connectivity index (χ3n) is 4.89. The molecule has 8 heteroatoms. The zero-order valence-corrected chi connectivity index (χ0v) is 18.0. The number of imidazole rings is 1. The van der Waals surface area contributed by atoms with Crippen molar-refractivity contribution in [3.8, 4) is 0 Å². The van der Waals surface area contributed by atoms with Crippen LogP contribution in [0.25, 0.3) is 11.0 Å². The fourth-order valence-corrected chi connectivity index (χ4v) is 4.07. The second-order valence-corrected chi connectivity index (χ2v) is 8.62. The van der Waals surface area contributed by atoms with E-state index in [-0.39, 0.29) is 11.9 Å². The van der Waals surface area contributed by atoms with Crippen molar-refractivity contribution in [2.75, 3.05) is 0 Å². The van der Waals surface area contributed by atoms with Gasteiger partial charge in [-0.25, -0.2) is 4.98 Å². The highest BCUT2D eigenvalue weighted by Gasteiger charge is 2.28. The van der Waals surface area contributed by atoms with Gasteiger partial charge in [0.15, 0.2) is 0 Å². The first kappa shape index (κ1) is 19.8. The van der Waals surface area contributed by atoms with E-state index in [0.717, 1.165) is 23.9 Å². The summed E-state index contributed by atoms with van der Waals surface area (Å²) >= 11 is 25.1. The molecule has 1 unspecified atom stereocenters. The van der Waals surface area contributed by atoms with E-state index >= 15 is 0 Å². The minimum absolute atomic E-state index is 0.0561. The van der Waals surface area contributed by atoms with Gasteiger partial charge in [0.2, 0.25) is 5.91 Å². The third-order valence-corrected chi connectivity index (χ3v) is 6.32. The van der Waals surface area contributed by atoms with E-state index in [1.807, 2.05) is 11.5 Å². The highest BCUT2D eigenvalue weighted by molar-refractivity contribution is 6.42. The Labute approximate surface area is 182 Å². The third kappa shape index (κ3) is 3.84. The minimum atomic E-state index is -0.473. The lowest BCUT2D eigenvalue weighted by Crippen LogP contribution is -2.33. The van der Waals surface area contributed by atoms with E-state index < -0.39 is 6.04 Å².